The number of hydrogen-bond acceptors (Lipinski definition) is 2. The third kappa shape index (κ3) is 2.96. The lowest BCUT2D eigenvalue weighted by Crippen LogP contribution is -2.39. The van der Waals surface area contributed by atoms with Crippen LogP contribution in [0.4, 0.5) is 13.2 Å². The van der Waals surface area contributed by atoms with Crippen molar-refractivity contribution in [3.05, 3.63) is 29.3 Å². The van der Waals surface area contributed by atoms with E-state index in [1.165, 1.54) is 12.1 Å². The van der Waals surface area contributed by atoms with Crippen LogP contribution in [0.2, 0.25) is 0 Å². The van der Waals surface area contributed by atoms with E-state index in [4.69, 9.17) is 4.74 Å². The Labute approximate surface area is 104 Å². The predicted molar refractivity (Wildman–Crippen MR) is 62.6 cm³/mol. The van der Waals surface area contributed by atoms with Crippen molar-refractivity contribution in [1.29, 1.82) is 0 Å². The second-order valence-corrected chi connectivity index (χ2v) is 4.42. The molecule has 0 saturated carbocycles. The molecular weight excluding hydrogens is 245 g/mol. The van der Waals surface area contributed by atoms with Crippen molar-refractivity contribution in [2.45, 2.75) is 39.0 Å². The van der Waals surface area contributed by atoms with Gasteiger partial charge in [0, 0.05) is 5.56 Å². The molecule has 0 amide bonds. The lowest BCUT2D eigenvalue weighted by Gasteiger charge is -2.28. The molecule has 1 aromatic rings. The van der Waals surface area contributed by atoms with Crippen molar-refractivity contribution in [2.75, 3.05) is 6.61 Å². The van der Waals surface area contributed by atoms with Gasteiger partial charge < -0.3 is 9.84 Å². The summed E-state index contributed by atoms with van der Waals surface area (Å²) in [4.78, 5) is 0. The highest BCUT2D eigenvalue weighted by Gasteiger charge is 2.52. The zero-order valence-corrected chi connectivity index (χ0v) is 10.6. The van der Waals surface area contributed by atoms with E-state index in [-0.39, 0.29) is 11.3 Å². The summed E-state index contributed by atoms with van der Waals surface area (Å²) in [5.41, 5.74) is -2.52. The Bertz CT molecular complexity index is 411. The molecular formula is C13H17F3O2. The fourth-order valence-corrected chi connectivity index (χ4v) is 1.51. The van der Waals surface area contributed by atoms with E-state index < -0.39 is 11.8 Å². The molecule has 0 aliphatic rings. The molecule has 0 heterocycles. The van der Waals surface area contributed by atoms with Gasteiger partial charge in [0.2, 0.25) is 0 Å². The second kappa shape index (κ2) is 5.18. The van der Waals surface area contributed by atoms with Crippen LogP contribution in [0.5, 0.6) is 5.75 Å². The number of aliphatic hydroxyl groups is 1. The Hall–Kier alpha value is -1.23. The average molecular weight is 262 g/mol. The van der Waals surface area contributed by atoms with Crippen LogP contribution in [0.1, 0.15) is 31.4 Å². The molecule has 18 heavy (non-hydrogen) atoms. The first-order valence-electron chi connectivity index (χ1n) is 5.73. The van der Waals surface area contributed by atoms with Gasteiger partial charge in [-0.05, 0) is 32.4 Å². The molecule has 1 atom stereocenters. The highest BCUT2D eigenvalue weighted by molar-refractivity contribution is 5.41. The maximum atomic E-state index is 12.8. The number of alkyl halides is 3. The number of hydrogen-bond donors (Lipinski definition) is 1. The third-order valence-electron chi connectivity index (χ3n) is 2.67. The van der Waals surface area contributed by atoms with E-state index in [9.17, 15) is 18.3 Å². The summed E-state index contributed by atoms with van der Waals surface area (Å²) in [6.45, 7) is 4.57. The Morgan fingerprint density at radius 3 is 2.39 bits per heavy atom. The molecule has 102 valence electrons. The Morgan fingerprint density at radius 1 is 1.28 bits per heavy atom. The Balaban J connectivity index is 3.24. The van der Waals surface area contributed by atoms with Gasteiger partial charge >= 0.3 is 6.18 Å². The zero-order valence-electron chi connectivity index (χ0n) is 10.6. The molecule has 1 aromatic carbocycles. The van der Waals surface area contributed by atoms with Gasteiger partial charge in [-0.2, -0.15) is 13.2 Å². The van der Waals surface area contributed by atoms with Crippen LogP contribution in [-0.2, 0) is 5.60 Å². The van der Waals surface area contributed by atoms with Crippen molar-refractivity contribution in [3.63, 3.8) is 0 Å². The minimum Gasteiger partial charge on any atom is -0.493 e. The summed E-state index contributed by atoms with van der Waals surface area (Å²) in [6.07, 6.45) is -4.06. The first-order chi connectivity index (χ1) is 8.20. The average Bonchev–Trinajstić information content (AvgIpc) is 2.25. The fourth-order valence-electron chi connectivity index (χ4n) is 1.51. The monoisotopic (exact) mass is 262 g/mol. The molecule has 0 aliphatic heterocycles. The minimum absolute atomic E-state index is 0.0739. The first-order valence-corrected chi connectivity index (χ1v) is 5.73. The van der Waals surface area contributed by atoms with E-state index in [0.717, 1.165) is 6.92 Å². The highest BCUT2D eigenvalue weighted by Crippen LogP contribution is 2.42. The highest BCUT2D eigenvalue weighted by atomic mass is 19.4. The molecule has 0 radical (unpaired) electrons. The normalized spacial score (nSPS) is 15.3. The fraction of sp³-hybridized carbons (Fsp3) is 0.538. The van der Waals surface area contributed by atoms with Crippen LogP contribution in [0.3, 0.4) is 0 Å². The number of benzene rings is 1. The van der Waals surface area contributed by atoms with Gasteiger partial charge in [-0.1, -0.05) is 18.6 Å². The molecule has 1 N–H and O–H groups in total. The Kier molecular flexibility index (Phi) is 4.27. The van der Waals surface area contributed by atoms with E-state index in [0.29, 0.717) is 18.6 Å². The van der Waals surface area contributed by atoms with E-state index in [1.54, 1.807) is 13.0 Å². The standard InChI is InChI=1S/C13H17F3O2/c1-4-7-18-11-6-5-9(2)8-10(11)12(3,17)13(14,15)16/h5-6,8,17H,4,7H2,1-3H3. The molecule has 0 aliphatic carbocycles. The number of aryl methyl sites for hydroxylation is 1. The quantitative estimate of drug-likeness (QED) is 0.899. The van der Waals surface area contributed by atoms with Crippen LogP contribution in [0, 0.1) is 6.92 Å². The molecule has 1 unspecified atom stereocenters. The summed E-state index contributed by atoms with van der Waals surface area (Å²) in [5, 5.41) is 9.72. The summed E-state index contributed by atoms with van der Waals surface area (Å²) in [5.74, 6) is 0.0739. The Morgan fingerprint density at radius 2 is 1.89 bits per heavy atom. The van der Waals surface area contributed by atoms with Gasteiger partial charge in [0.25, 0.3) is 0 Å². The van der Waals surface area contributed by atoms with Gasteiger partial charge in [-0.3, -0.25) is 0 Å². The smallest absolute Gasteiger partial charge is 0.421 e. The number of ether oxygens (including phenoxy) is 1. The van der Waals surface area contributed by atoms with Crippen molar-refractivity contribution < 1.29 is 23.0 Å². The van der Waals surface area contributed by atoms with E-state index in [2.05, 4.69) is 0 Å². The summed E-state index contributed by atoms with van der Waals surface area (Å²) in [6, 6.07) is 4.42. The first kappa shape index (κ1) is 14.8. The third-order valence-corrected chi connectivity index (χ3v) is 2.67. The molecule has 1 rings (SSSR count). The largest absolute Gasteiger partial charge is 0.493 e. The van der Waals surface area contributed by atoms with Crippen molar-refractivity contribution in [2.24, 2.45) is 0 Å². The summed E-state index contributed by atoms with van der Waals surface area (Å²) < 4.78 is 43.8. The van der Waals surface area contributed by atoms with Gasteiger partial charge in [0.05, 0.1) is 6.61 Å². The van der Waals surface area contributed by atoms with Crippen molar-refractivity contribution >= 4 is 0 Å². The molecule has 5 heteroatoms. The molecule has 0 saturated heterocycles. The van der Waals surface area contributed by atoms with Crippen LogP contribution >= 0.6 is 0 Å². The topological polar surface area (TPSA) is 29.5 Å². The molecule has 0 fully saturated rings. The van der Waals surface area contributed by atoms with Crippen molar-refractivity contribution in [3.8, 4) is 5.75 Å². The van der Waals surface area contributed by atoms with Gasteiger partial charge in [0.1, 0.15) is 5.75 Å². The van der Waals surface area contributed by atoms with Gasteiger partial charge in [0.15, 0.2) is 5.60 Å². The van der Waals surface area contributed by atoms with Crippen molar-refractivity contribution in [1.82, 2.24) is 0 Å². The summed E-state index contributed by atoms with van der Waals surface area (Å²) in [7, 11) is 0. The van der Waals surface area contributed by atoms with Crippen LogP contribution in [-0.4, -0.2) is 17.9 Å². The lowest BCUT2D eigenvalue weighted by molar-refractivity contribution is -0.259. The second-order valence-electron chi connectivity index (χ2n) is 4.42. The summed E-state index contributed by atoms with van der Waals surface area (Å²) >= 11 is 0. The number of rotatable bonds is 4. The van der Waals surface area contributed by atoms with Crippen LogP contribution < -0.4 is 4.74 Å². The predicted octanol–water partition coefficient (Wildman–Crippen LogP) is 3.55. The molecule has 0 bridgehead atoms. The molecule has 0 spiro atoms. The van der Waals surface area contributed by atoms with Crippen LogP contribution in [0.25, 0.3) is 0 Å². The minimum atomic E-state index is -4.74. The zero-order chi connectivity index (χ0) is 14.0. The maximum absolute atomic E-state index is 12.8. The SMILES string of the molecule is CCCOc1ccc(C)cc1C(C)(O)C(F)(F)F. The van der Waals surface area contributed by atoms with E-state index in [1.807, 2.05) is 6.92 Å². The van der Waals surface area contributed by atoms with Gasteiger partial charge in [-0.15, -0.1) is 0 Å². The number of halogens is 3. The molecule has 0 aromatic heterocycles. The lowest BCUT2D eigenvalue weighted by atomic mass is 9.93. The van der Waals surface area contributed by atoms with Crippen LogP contribution in [0.15, 0.2) is 18.2 Å². The molecule has 2 nitrogen and oxygen atoms in total. The maximum Gasteiger partial charge on any atom is 0.421 e. The van der Waals surface area contributed by atoms with Gasteiger partial charge in [-0.25, -0.2) is 0 Å². The van der Waals surface area contributed by atoms with E-state index >= 15 is 0 Å².